The Hall–Kier alpha value is -0.510. The Balaban J connectivity index is 1.90. The fourth-order valence-corrected chi connectivity index (χ4v) is 1.98. The van der Waals surface area contributed by atoms with E-state index in [9.17, 15) is 0 Å². The maximum Gasteiger partial charge on any atom is 0.193 e. The van der Waals surface area contributed by atoms with Crippen molar-refractivity contribution in [3.05, 3.63) is 23.1 Å². The molecule has 0 saturated carbocycles. The molecule has 1 aromatic heterocycles. The van der Waals surface area contributed by atoms with Crippen LogP contribution in [0, 0.1) is 0 Å². The Morgan fingerprint density at radius 3 is 3.14 bits per heavy atom. The molecule has 0 aromatic carbocycles. The standard InChI is InChI=1S/C10H15ClN2O/c1-8-6-13(5-4-12-8)7-9-2-3-10(11)14-9/h2-3,8,12H,4-7H2,1H3/t8-/m1/s1. The lowest BCUT2D eigenvalue weighted by Gasteiger charge is -2.30. The van der Waals surface area contributed by atoms with Crippen molar-refractivity contribution in [1.82, 2.24) is 10.2 Å². The van der Waals surface area contributed by atoms with Crippen LogP contribution >= 0.6 is 11.6 Å². The third kappa shape index (κ3) is 2.50. The molecular formula is C10H15ClN2O. The van der Waals surface area contributed by atoms with E-state index < -0.39 is 0 Å². The number of nitrogens with zero attached hydrogens (tertiary/aromatic N) is 1. The second-order valence-corrected chi connectivity index (χ2v) is 4.17. The average molecular weight is 215 g/mol. The van der Waals surface area contributed by atoms with E-state index in [-0.39, 0.29) is 0 Å². The summed E-state index contributed by atoms with van der Waals surface area (Å²) in [7, 11) is 0. The van der Waals surface area contributed by atoms with Gasteiger partial charge in [0.15, 0.2) is 5.22 Å². The van der Waals surface area contributed by atoms with E-state index >= 15 is 0 Å². The van der Waals surface area contributed by atoms with Gasteiger partial charge in [-0.15, -0.1) is 0 Å². The van der Waals surface area contributed by atoms with Crippen LogP contribution in [0.2, 0.25) is 5.22 Å². The molecule has 1 aromatic rings. The zero-order valence-electron chi connectivity index (χ0n) is 8.29. The molecule has 0 spiro atoms. The molecular weight excluding hydrogens is 200 g/mol. The van der Waals surface area contributed by atoms with Crippen LogP contribution in [0.1, 0.15) is 12.7 Å². The molecule has 1 fully saturated rings. The smallest absolute Gasteiger partial charge is 0.193 e. The molecule has 1 saturated heterocycles. The van der Waals surface area contributed by atoms with Crippen molar-refractivity contribution in [1.29, 1.82) is 0 Å². The maximum absolute atomic E-state index is 5.71. The van der Waals surface area contributed by atoms with E-state index in [1.807, 2.05) is 6.07 Å². The number of furan rings is 1. The lowest BCUT2D eigenvalue weighted by molar-refractivity contribution is 0.187. The molecule has 3 nitrogen and oxygen atoms in total. The largest absolute Gasteiger partial charge is 0.448 e. The van der Waals surface area contributed by atoms with Crippen LogP contribution in [0.4, 0.5) is 0 Å². The number of hydrogen-bond acceptors (Lipinski definition) is 3. The van der Waals surface area contributed by atoms with Gasteiger partial charge in [-0.2, -0.15) is 0 Å². The van der Waals surface area contributed by atoms with Crippen LogP contribution in [0.15, 0.2) is 16.5 Å². The fourth-order valence-electron chi connectivity index (χ4n) is 1.81. The number of rotatable bonds is 2. The summed E-state index contributed by atoms with van der Waals surface area (Å²) in [5, 5.41) is 3.88. The Morgan fingerprint density at radius 1 is 1.64 bits per heavy atom. The summed E-state index contributed by atoms with van der Waals surface area (Å²) in [5.74, 6) is 0.948. The van der Waals surface area contributed by atoms with Crippen molar-refractivity contribution in [2.24, 2.45) is 0 Å². The first kappa shape index (κ1) is 10.0. The number of nitrogens with one attached hydrogen (secondary N) is 1. The van der Waals surface area contributed by atoms with E-state index in [0.29, 0.717) is 11.3 Å². The van der Waals surface area contributed by atoms with Crippen molar-refractivity contribution in [2.45, 2.75) is 19.5 Å². The van der Waals surface area contributed by atoms with Crippen LogP contribution in [0.3, 0.4) is 0 Å². The Morgan fingerprint density at radius 2 is 2.50 bits per heavy atom. The molecule has 0 amide bonds. The van der Waals surface area contributed by atoms with Crippen LogP contribution in [-0.2, 0) is 6.54 Å². The first-order valence-electron chi connectivity index (χ1n) is 4.94. The van der Waals surface area contributed by atoms with Gasteiger partial charge in [-0.05, 0) is 30.7 Å². The summed E-state index contributed by atoms with van der Waals surface area (Å²) < 4.78 is 5.32. The van der Waals surface area contributed by atoms with Crippen LogP contribution in [0.5, 0.6) is 0 Å². The molecule has 0 radical (unpaired) electrons. The predicted molar refractivity (Wildman–Crippen MR) is 56.5 cm³/mol. The van der Waals surface area contributed by atoms with Gasteiger partial charge < -0.3 is 9.73 Å². The van der Waals surface area contributed by atoms with Gasteiger partial charge in [0, 0.05) is 25.7 Å². The Bertz CT molecular complexity index is 300. The quantitative estimate of drug-likeness (QED) is 0.813. The van der Waals surface area contributed by atoms with Crippen molar-refractivity contribution in [3.63, 3.8) is 0 Å². The molecule has 14 heavy (non-hydrogen) atoms. The van der Waals surface area contributed by atoms with Crippen molar-refractivity contribution in [3.8, 4) is 0 Å². The molecule has 2 rings (SSSR count). The SMILES string of the molecule is C[C@@H]1CN(Cc2ccc(Cl)o2)CCN1. The van der Waals surface area contributed by atoms with Gasteiger partial charge >= 0.3 is 0 Å². The first-order chi connectivity index (χ1) is 6.74. The van der Waals surface area contributed by atoms with Gasteiger partial charge in [0.05, 0.1) is 6.54 Å². The number of hydrogen-bond donors (Lipinski definition) is 1. The minimum Gasteiger partial charge on any atom is -0.448 e. The highest BCUT2D eigenvalue weighted by atomic mass is 35.5. The zero-order valence-corrected chi connectivity index (χ0v) is 9.05. The summed E-state index contributed by atoms with van der Waals surface area (Å²) in [6.45, 7) is 6.25. The van der Waals surface area contributed by atoms with Crippen LogP contribution in [-0.4, -0.2) is 30.6 Å². The number of piperazine rings is 1. The minimum atomic E-state index is 0.475. The van der Waals surface area contributed by atoms with Gasteiger partial charge in [0.25, 0.3) is 0 Å². The molecule has 1 aliphatic heterocycles. The molecule has 0 bridgehead atoms. The molecule has 2 heterocycles. The maximum atomic E-state index is 5.71. The van der Waals surface area contributed by atoms with E-state index in [1.165, 1.54) is 0 Å². The molecule has 0 aliphatic carbocycles. The summed E-state index contributed by atoms with van der Waals surface area (Å²) in [6.07, 6.45) is 0. The Labute approximate surface area is 89.0 Å². The molecule has 0 unspecified atom stereocenters. The average Bonchev–Trinajstić information content (AvgIpc) is 2.51. The van der Waals surface area contributed by atoms with E-state index in [0.717, 1.165) is 31.9 Å². The van der Waals surface area contributed by atoms with Crippen LogP contribution in [0.25, 0.3) is 0 Å². The first-order valence-corrected chi connectivity index (χ1v) is 5.32. The van der Waals surface area contributed by atoms with Gasteiger partial charge in [-0.25, -0.2) is 0 Å². The summed E-state index contributed by atoms with van der Waals surface area (Å²) in [4.78, 5) is 2.37. The van der Waals surface area contributed by atoms with E-state index in [1.54, 1.807) is 6.07 Å². The number of halogens is 1. The van der Waals surface area contributed by atoms with E-state index in [2.05, 4.69) is 17.1 Å². The van der Waals surface area contributed by atoms with Crippen molar-refractivity contribution < 1.29 is 4.42 Å². The van der Waals surface area contributed by atoms with Crippen LogP contribution < -0.4 is 5.32 Å². The fraction of sp³-hybridized carbons (Fsp3) is 0.600. The molecule has 1 aliphatic rings. The normalized spacial score (nSPS) is 24.0. The lowest BCUT2D eigenvalue weighted by Crippen LogP contribution is -2.48. The lowest BCUT2D eigenvalue weighted by atomic mass is 10.2. The van der Waals surface area contributed by atoms with Gasteiger partial charge in [-0.3, -0.25) is 4.90 Å². The summed E-state index contributed by atoms with van der Waals surface area (Å²) >= 11 is 5.71. The zero-order chi connectivity index (χ0) is 9.97. The topological polar surface area (TPSA) is 28.4 Å². The summed E-state index contributed by atoms with van der Waals surface area (Å²) in [6, 6.07) is 4.30. The van der Waals surface area contributed by atoms with E-state index in [4.69, 9.17) is 16.0 Å². The third-order valence-corrected chi connectivity index (χ3v) is 2.66. The van der Waals surface area contributed by atoms with Gasteiger partial charge in [-0.1, -0.05) is 0 Å². The minimum absolute atomic E-state index is 0.475. The monoisotopic (exact) mass is 214 g/mol. The second-order valence-electron chi connectivity index (χ2n) is 3.80. The van der Waals surface area contributed by atoms with Gasteiger partial charge in [0.1, 0.15) is 5.76 Å². The second kappa shape index (κ2) is 4.34. The van der Waals surface area contributed by atoms with Gasteiger partial charge in [0.2, 0.25) is 0 Å². The highest BCUT2D eigenvalue weighted by Gasteiger charge is 2.16. The highest BCUT2D eigenvalue weighted by Crippen LogP contribution is 2.15. The highest BCUT2D eigenvalue weighted by molar-refractivity contribution is 6.28. The molecule has 1 N–H and O–H groups in total. The molecule has 4 heteroatoms. The third-order valence-electron chi connectivity index (χ3n) is 2.46. The summed E-state index contributed by atoms with van der Waals surface area (Å²) in [5.41, 5.74) is 0. The predicted octanol–water partition coefficient (Wildman–Crippen LogP) is 1.73. The Kier molecular flexibility index (Phi) is 3.11. The van der Waals surface area contributed by atoms with Crippen molar-refractivity contribution in [2.75, 3.05) is 19.6 Å². The molecule has 1 atom stereocenters. The van der Waals surface area contributed by atoms with Crippen molar-refractivity contribution >= 4 is 11.6 Å². The molecule has 78 valence electrons.